The number of hydrogen-bond acceptors (Lipinski definition) is 3. The zero-order chi connectivity index (χ0) is 13.8. The summed E-state index contributed by atoms with van der Waals surface area (Å²) >= 11 is 0. The quantitative estimate of drug-likeness (QED) is 0.454. The number of aliphatic carboxylic acids is 1. The summed E-state index contributed by atoms with van der Waals surface area (Å²) < 4.78 is 4.57. The Labute approximate surface area is 113 Å². The van der Waals surface area contributed by atoms with E-state index < -0.39 is 5.97 Å². The topological polar surface area (TPSA) is 63.6 Å². The van der Waals surface area contributed by atoms with Crippen molar-refractivity contribution in [2.45, 2.75) is 25.7 Å². The van der Waals surface area contributed by atoms with Gasteiger partial charge < -0.3 is 9.84 Å². The Bertz CT molecular complexity index is 410. The van der Waals surface area contributed by atoms with E-state index in [9.17, 15) is 14.7 Å². The number of ether oxygens (including phenoxy) is 1. The Hall–Kier alpha value is -1.58. The molecule has 0 spiro atoms. The highest BCUT2D eigenvalue weighted by atomic mass is 16.5. The lowest BCUT2D eigenvalue weighted by Crippen LogP contribution is -2.25. The molecule has 4 nitrogen and oxygen atoms in total. The molecule has 0 aromatic rings. The summed E-state index contributed by atoms with van der Waals surface area (Å²) in [6.45, 7) is 0. The van der Waals surface area contributed by atoms with Crippen LogP contribution in [0.2, 0.25) is 0 Å². The molecule has 2 bridgehead atoms. The zero-order valence-electron chi connectivity index (χ0n) is 11.1. The van der Waals surface area contributed by atoms with Crippen molar-refractivity contribution in [3.8, 4) is 0 Å². The second-order valence-corrected chi connectivity index (χ2v) is 5.29. The molecule has 0 aromatic heterocycles. The number of rotatable bonds is 6. The first-order valence-electron chi connectivity index (χ1n) is 6.78. The Kier molecular flexibility index (Phi) is 4.40. The molecule has 2 aliphatic carbocycles. The van der Waals surface area contributed by atoms with E-state index in [1.165, 1.54) is 7.11 Å². The van der Waals surface area contributed by atoms with Gasteiger partial charge in [-0.05, 0) is 37.0 Å². The summed E-state index contributed by atoms with van der Waals surface area (Å²) in [5, 5.41) is 9.28. The number of allylic oxidation sites excluding steroid dienone is 4. The summed E-state index contributed by atoms with van der Waals surface area (Å²) in [5.41, 5.74) is 0. The van der Waals surface area contributed by atoms with Gasteiger partial charge in [0, 0.05) is 6.42 Å². The van der Waals surface area contributed by atoms with Crippen molar-refractivity contribution < 1.29 is 19.4 Å². The number of carbonyl (C=O) groups excluding carboxylic acids is 1. The number of unbranched alkanes of at least 4 members (excludes halogenated alkanes) is 1. The van der Waals surface area contributed by atoms with Crippen LogP contribution in [0.4, 0.5) is 0 Å². The fraction of sp³-hybridized carbons (Fsp3) is 0.600. The smallest absolute Gasteiger partial charge is 0.307 e. The second-order valence-electron chi connectivity index (χ2n) is 5.29. The maximum Gasteiger partial charge on any atom is 0.307 e. The van der Waals surface area contributed by atoms with Crippen molar-refractivity contribution >= 4 is 11.9 Å². The van der Waals surface area contributed by atoms with Gasteiger partial charge in [-0.25, -0.2) is 0 Å². The fourth-order valence-corrected chi connectivity index (χ4v) is 3.19. The highest BCUT2D eigenvalue weighted by Crippen LogP contribution is 2.48. The Morgan fingerprint density at radius 3 is 2.79 bits per heavy atom. The first-order chi connectivity index (χ1) is 9.13. The van der Waals surface area contributed by atoms with E-state index in [4.69, 9.17) is 0 Å². The first kappa shape index (κ1) is 13.8. The van der Waals surface area contributed by atoms with Crippen LogP contribution in [0, 0.1) is 23.7 Å². The van der Waals surface area contributed by atoms with E-state index in [1.807, 2.05) is 18.2 Å². The van der Waals surface area contributed by atoms with Gasteiger partial charge in [0.25, 0.3) is 0 Å². The van der Waals surface area contributed by atoms with Crippen molar-refractivity contribution in [1.29, 1.82) is 0 Å². The van der Waals surface area contributed by atoms with Gasteiger partial charge >= 0.3 is 11.9 Å². The highest BCUT2D eigenvalue weighted by molar-refractivity contribution is 5.72. The van der Waals surface area contributed by atoms with Gasteiger partial charge in [-0.3, -0.25) is 9.59 Å². The Balaban J connectivity index is 1.83. The van der Waals surface area contributed by atoms with Gasteiger partial charge in [0.2, 0.25) is 0 Å². The summed E-state index contributed by atoms with van der Waals surface area (Å²) in [5.74, 6) is -0.464. The van der Waals surface area contributed by atoms with E-state index in [1.54, 1.807) is 0 Å². The van der Waals surface area contributed by atoms with Crippen LogP contribution in [0.5, 0.6) is 0 Å². The molecule has 2 rings (SSSR count). The van der Waals surface area contributed by atoms with Gasteiger partial charge in [0.1, 0.15) is 0 Å². The molecule has 1 N–H and O–H groups in total. The molecule has 0 aromatic carbocycles. The molecule has 0 radical (unpaired) electrons. The van der Waals surface area contributed by atoms with Gasteiger partial charge in [-0.2, -0.15) is 0 Å². The fourth-order valence-electron chi connectivity index (χ4n) is 3.19. The molecule has 19 heavy (non-hydrogen) atoms. The second kappa shape index (κ2) is 6.04. The molecular weight excluding hydrogens is 244 g/mol. The van der Waals surface area contributed by atoms with Crippen LogP contribution in [-0.4, -0.2) is 24.2 Å². The minimum absolute atomic E-state index is 0.116. The van der Waals surface area contributed by atoms with E-state index in [2.05, 4.69) is 10.8 Å². The van der Waals surface area contributed by atoms with Gasteiger partial charge in [0.05, 0.1) is 13.0 Å². The lowest BCUT2D eigenvalue weighted by molar-refractivity contribution is -0.143. The van der Waals surface area contributed by atoms with Crippen molar-refractivity contribution in [2.75, 3.05) is 7.11 Å². The predicted octanol–water partition coefficient (Wildman–Crippen LogP) is 2.41. The molecule has 0 amide bonds. The van der Waals surface area contributed by atoms with Crippen LogP contribution in [0.1, 0.15) is 25.7 Å². The molecule has 4 unspecified atom stereocenters. The molecule has 1 saturated carbocycles. The van der Waals surface area contributed by atoms with Crippen molar-refractivity contribution in [3.63, 3.8) is 0 Å². The standard InChI is InChI=1S/C15H20O4/c1-19-13(16)6-4-2-3-5-12-10-7-8-11(9-10)14(12)15(17)18/h3,5,7-8,10-12,14H,2,4,6,9H2,1H3,(H,17,18)/b5-3+. The maximum atomic E-state index is 11.3. The number of carboxylic acid groups (broad SMARTS) is 1. The monoisotopic (exact) mass is 264 g/mol. The van der Waals surface area contributed by atoms with Crippen LogP contribution in [0.25, 0.3) is 0 Å². The number of hydrogen-bond donors (Lipinski definition) is 1. The van der Waals surface area contributed by atoms with Crippen LogP contribution < -0.4 is 0 Å². The normalized spacial score (nSPS) is 32.1. The minimum Gasteiger partial charge on any atom is -0.481 e. The third-order valence-corrected chi connectivity index (χ3v) is 4.14. The molecular formula is C15H20O4. The predicted molar refractivity (Wildman–Crippen MR) is 70.4 cm³/mol. The molecule has 4 atom stereocenters. The van der Waals surface area contributed by atoms with Gasteiger partial charge in [-0.15, -0.1) is 0 Å². The van der Waals surface area contributed by atoms with Crippen LogP contribution >= 0.6 is 0 Å². The lowest BCUT2D eigenvalue weighted by Gasteiger charge is -2.21. The molecule has 2 aliphatic rings. The Morgan fingerprint density at radius 1 is 1.37 bits per heavy atom. The molecule has 0 aliphatic heterocycles. The Morgan fingerprint density at radius 2 is 2.11 bits per heavy atom. The molecule has 104 valence electrons. The van der Waals surface area contributed by atoms with Crippen LogP contribution in [0.3, 0.4) is 0 Å². The third kappa shape index (κ3) is 3.06. The molecule has 0 heterocycles. The summed E-state index contributed by atoms with van der Waals surface area (Å²) in [4.78, 5) is 22.2. The highest BCUT2D eigenvalue weighted by Gasteiger charge is 2.46. The van der Waals surface area contributed by atoms with E-state index in [0.717, 1.165) is 19.3 Å². The summed E-state index contributed by atoms with van der Waals surface area (Å²) in [7, 11) is 1.39. The van der Waals surface area contributed by atoms with E-state index in [-0.39, 0.29) is 23.7 Å². The average molecular weight is 264 g/mol. The van der Waals surface area contributed by atoms with E-state index >= 15 is 0 Å². The SMILES string of the molecule is COC(=O)CCC/C=C/C1C2C=CC(C2)C1C(=O)O. The van der Waals surface area contributed by atoms with Crippen molar-refractivity contribution in [2.24, 2.45) is 23.7 Å². The summed E-state index contributed by atoms with van der Waals surface area (Å²) in [6, 6.07) is 0. The zero-order valence-corrected chi connectivity index (χ0v) is 11.1. The number of esters is 1. The van der Waals surface area contributed by atoms with Gasteiger partial charge in [-0.1, -0.05) is 24.3 Å². The van der Waals surface area contributed by atoms with Crippen LogP contribution in [0.15, 0.2) is 24.3 Å². The number of carboxylic acids is 1. The first-order valence-corrected chi connectivity index (χ1v) is 6.78. The van der Waals surface area contributed by atoms with Crippen LogP contribution in [-0.2, 0) is 14.3 Å². The lowest BCUT2D eigenvalue weighted by atomic mass is 9.83. The molecule has 1 fully saturated rings. The van der Waals surface area contributed by atoms with E-state index in [0.29, 0.717) is 12.3 Å². The van der Waals surface area contributed by atoms with Gasteiger partial charge in [0.15, 0.2) is 0 Å². The van der Waals surface area contributed by atoms with Crippen molar-refractivity contribution in [3.05, 3.63) is 24.3 Å². The molecule has 0 saturated heterocycles. The average Bonchev–Trinajstić information content (AvgIpc) is 2.98. The largest absolute Gasteiger partial charge is 0.481 e. The third-order valence-electron chi connectivity index (χ3n) is 4.14. The maximum absolute atomic E-state index is 11.3. The minimum atomic E-state index is -0.693. The number of carbonyl (C=O) groups is 2. The summed E-state index contributed by atoms with van der Waals surface area (Å²) in [6.07, 6.45) is 11.2. The number of fused-ring (bicyclic) bond motifs is 2. The number of methoxy groups -OCH3 is 1. The molecule has 4 heteroatoms. The van der Waals surface area contributed by atoms with Crippen molar-refractivity contribution in [1.82, 2.24) is 0 Å².